The van der Waals surface area contributed by atoms with E-state index in [-0.39, 0.29) is 11.9 Å². The van der Waals surface area contributed by atoms with E-state index in [1.54, 1.807) is 16.2 Å². The monoisotopic (exact) mass is 364 g/mol. The van der Waals surface area contributed by atoms with Gasteiger partial charge in [0.05, 0.1) is 9.83 Å². The number of rotatable bonds is 3. The molecule has 0 spiro atoms. The van der Waals surface area contributed by atoms with Crippen LogP contribution < -0.4 is 5.32 Å². The van der Waals surface area contributed by atoms with Crippen LogP contribution in [0.5, 0.6) is 0 Å². The van der Waals surface area contributed by atoms with Crippen molar-refractivity contribution in [2.24, 2.45) is 0 Å². The maximum Gasteiger partial charge on any atom is 0.240 e. The average molecular weight is 365 g/mol. The van der Waals surface area contributed by atoms with Crippen LogP contribution in [0.2, 0.25) is 0 Å². The summed E-state index contributed by atoms with van der Waals surface area (Å²) in [6.07, 6.45) is 0.771. The molecule has 0 fully saturated rings. The lowest BCUT2D eigenvalue weighted by atomic mass is 9.95. The Morgan fingerprint density at radius 3 is 2.90 bits per heavy atom. The number of nitrogens with one attached hydrogen (secondary N) is 1. The molecule has 110 valence electrons. The van der Waals surface area contributed by atoms with E-state index in [9.17, 15) is 4.79 Å². The third-order valence-corrected chi connectivity index (χ3v) is 5.35. The topological polar surface area (TPSA) is 32.3 Å². The van der Waals surface area contributed by atoms with E-state index in [0.29, 0.717) is 6.54 Å². The number of amides is 1. The minimum Gasteiger partial charge on any atom is -0.340 e. The highest BCUT2D eigenvalue weighted by Crippen LogP contribution is 2.22. The second-order valence-electron chi connectivity index (χ2n) is 5.36. The molecule has 1 atom stereocenters. The molecule has 1 aliphatic rings. The summed E-state index contributed by atoms with van der Waals surface area (Å²) < 4.78 is 1.10. The molecule has 0 radical (unpaired) electrons. The summed E-state index contributed by atoms with van der Waals surface area (Å²) in [4.78, 5) is 14.4. The van der Waals surface area contributed by atoms with Crippen LogP contribution in [0.4, 0.5) is 0 Å². The van der Waals surface area contributed by atoms with Gasteiger partial charge in [-0.3, -0.25) is 4.79 Å². The van der Waals surface area contributed by atoms with Gasteiger partial charge in [-0.1, -0.05) is 24.3 Å². The standard InChI is InChI=1S/C16H17BrN2OS/c1-19(9-11-6-15(17)21-10-11)16(20)14-7-12-4-2-3-5-13(12)8-18-14/h2-6,10,14,18H,7-9H2,1H3/t14-/m0/s1. The van der Waals surface area contributed by atoms with Gasteiger partial charge in [0.1, 0.15) is 0 Å². The van der Waals surface area contributed by atoms with Gasteiger partial charge in [-0.2, -0.15) is 0 Å². The van der Waals surface area contributed by atoms with Crippen LogP contribution in [0.15, 0.2) is 39.5 Å². The number of likely N-dealkylation sites (N-methyl/N-ethyl adjacent to an activating group) is 1. The van der Waals surface area contributed by atoms with Crippen molar-refractivity contribution in [2.45, 2.75) is 25.6 Å². The average Bonchev–Trinajstić information content (AvgIpc) is 2.91. The van der Waals surface area contributed by atoms with Crippen LogP contribution in [0.25, 0.3) is 0 Å². The van der Waals surface area contributed by atoms with Crippen molar-refractivity contribution in [3.8, 4) is 0 Å². The first kappa shape index (κ1) is 14.8. The summed E-state index contributed by atoms with van der Waals surface area (Å²) in [6, 6.07) is 10.3. The summed E-state index contributed by atoms with van der Waals surface area (Å²) >= 11 is 5.10. The molecule has 21 heavy (non-hydrogen) atoms. The molecule has 1 N–H and O–H groups in total. The molecular weight excluding hydrogens is 348 g/mol. The number of carbonyl (C=O) groups excluding carboxylic acids is 1. The molecular formula is C16H17BrN2OS. The van der Waals surface area contributed by atoms with E-state index >= 15 is 0 Å². The van der Waals surface area contributed by atoms with Gasteiger partial charge < -0.3 is 10.2 Å². The van der Waals surface area contributed by atoms with Crippen LogP contribution in [0, 0.1) is 0 Å². The van der Waals surface area contributed by atoms with E-state index in [1.807, 2.05) is 19.2 Å². The Kier molecular flexibility index (Phi) is 4.42. The zero-order valence-electron chi connectivity index (χ0n) is 11.8. The lowest BCUT2D eigenvalue weighted by Gasteiger charge is -2.29. The van der Waals surface area contributed by atoms with E-state index in [4.69, 9.17) is 0 Å². The third-order valence-electron chi connectivity index (χ3n) is 3.80. The van der Waals surface area contributed by atoms with Crippen molar-refractivity contribution < 1.29 is 4.79 Å². The highest BCUT2D eigenvalue weighted by molar-refractivity contribution is 9.11. The molecule has 1 aromatic carbocycles. The molecule has 0 bridgehead atoms. The predicted octanol–water partition coefficient (Wildman–Crippen LogP) is 3.18. The Balaban J connectivity index is 1.66. The zero-order valence-corrected chi connectivity index (χ0v) is 14.2. The number of thiophene rings is 1. The molecule has 3 nitrogen and oxygen atoms in total. The number of hydrogen-bond acceptors (Lipinski definition) is 3. The van der Waals surface area contributed by atoms with Crippen LogP contribution in [0.3, 0.4) is 0 Å². The summed E-state index contributed by atoms with van der Waals surface area (Å²) in [5.41, 5.74) is 3.74. The van der Waals surface area contributed by atoms with E-state index in [2.05, 4.69) is 44.8 Å². The summed E-state index contributed by atoms with van der Waals surface area (Å²) in [6.45, 7) is 1.42. The molecule has 0 saturated heterocycles. The Hall–Kier alpha value is -1.17. The highest BCUT2D eigenvalue weighted by atomic mass is 79.9. The number of fused-ring (bicyclic) bond motifs is 1. The molecule has 0 aliphatic carbocycles. The number of benzene rings is 1. The maximum absolute atomic E-state index is 12.6. The van der Waals surface area contributed by atoms with E-state index in [1.165, 1.54) is 16.7 Å². The Bertz CT molecular complexity index is 655. The fraction of sp³-hybridized carbons (Fsp3) is 0.312. The number of carbonyl (C=O) groups is 1. The first-order valence-electron chi connectivity index (χ1n) is 6.91. The Morgan fingerprint density at radius 2 is 2.19 bits per heavy atom. The van der Waals surface area contributed by atoms with Gasteiger partial charge in [0.15, 0.2) is 0 Å². The van der Waals surface area contributed by atoms with Gasteiger partial charge in [0, 0.05) is 20.1 Å². The lowest BCUT2D eigenvalue weighted by Crippen LogP contribution is -2.47. The van der Waals surface area contributed by atoms with Crippen molar-refractivity contribution in [1.29, 1.82) is 0 Å². The molecule has 1 aliphatic heterocycles. The maximum atomic E-state index is 12.6. The molecule has 2 heterocycles. The fourth-order valence-corrected chi connectivity index (χ4v) is 3.88. The van der Waals surface area contributed by atoms with Crippen molar-refractivity contribution >= 4 is 33.2 Å². The van der Waals surface area contributed by atoms with Crippen molar-refractivity contribution in [1.82, 2.24) is 10.2 Å². The quantitative estimate of drug-likeness (QED) is 0.906. The molecule has 5 heteroatoms. The molecule has 0 unspecified atom stereocenters. The highest BCUT2D eigenvalue weighted by Gasteiger charge is 2.26. The van der Waals surface area contributed by atoms with Crippen molar-refractivity contribution in [2.75, 3.05) is 7.05 Å². The normalized spacial score (nSPS) is 17.3. The lowest BCUT2D eigenvalue weighted by molar-refractivity contribution is -0.132. The molecule has 1 amide bonds. The SMILES string of the molecule is CN(Cc1csc(Br)c1)C(=O)[C@@H]1Cc2ccccc2CN1. The summed E-state index contributed by atoms with van der Waals surface area (Å²) in [5, 5.41) is 5.43. The largest absolute Gasteiger partial charge is 0.340 e. The fourth-order valence-electron chi connectivity index (χ4n) is 2.68. The molecule has 0 saturated carbocycles. The first-order chi connectivity index (χ1) is 10.1. The minimum atomic E-state index is -0.119. The van der Waals surface area contributed by atoms with Crippen molar-refractivity contribution in [3.63, 3.8) is 0 Å². The smallest absolute Gasteiger partial charge is 0.240 e. The van der Waals surface area contributed by atoms with Crippen LogP contribution >= 0.6 is 27.3 Å². The van der Waals surface area contributed by atoms with Gasteiger partial charge in [-0.25, -0.2) is 0 Å². The Morgan fingerprint density at radius 1 is 1.43 bits per heavy atom. The number of halogens is 1. The molecule has 3 rings (SSSR count). The first-order valence-corrected chi connectivity index (χ1v) is 8.59. The molecule has 1 aromatic heterocycles. The third kappa shape index (κ3) is 3.36. The van der Waals surface area contributed by atoms with Gasteiger partial charge in [-0.05, 0) is 50.5 Å². The second-order valence-corrected chi connectivity index (χ2v) is 7.65. The predicted molar refractivity (Wildman–Crippen MR) is 89.3 cm³/mol. The summed E-state index contributed by atoms with van der Waals surface area (Å²) in [7, 11) is 1.87. The summed E-state index contributed by atoms with van der Waals surface area (Å²) in [5.74, 6) is 0.159. The number of hydrogen-bond donors (Lipinski definition) is 1. The van der Waals surface area contributed by atoms with Crippen molar-refractivity contribution in [3.05, 3.63) is 56.2 Å². The van der Waals surface area contributed by atoms with Gasteiger partial charge in [0.25, 0.3) is 0 Å². The van der Waals surface area contributed by atoms with Crippen LogP contribution in [-0.2, 0) is 24.3 Å². The van der Waals surface area contributed by atoms with Crippen LogP contribution in [0.1, 0.15) is 16.7 Å². The Labute approximate surface area is 137 Å². The van der Waals surface area contributed by atoms with Gasteiger partial charge >= 0.3 is 0 Å². The van der Waals surface area contributed by atoms with E-state index in [0.717, 1.165) is 16.8 Å². The van der Waals surface area contributed by atoms with Gasteiger partial charge in [-0.15, -0.1) is 11.3 Å². The minimum absolute atomic E-state index is 0.119. The number of nitrogens with zero attached hydrogens (tertiary/aromatic N) is 1. The van der Waals surface area contributed by atoms with Gasteiger partial charge in [0.2, 0.25) is 5.91 Å². The molecule has 2 aromatic rings. The van der Waals surface area contributed by atoms with Crippen LogP contribution in [-0.4, -0.2) is 23.9 Å². The second kappa shape index (κ2) is 6.30. The zero-order chi connectivity index (χ0) is 14.8. The van der Waals surface area contributed by atoms with E-state index < -0.39 is 0 Å².